The molecule has 1 aliphatic rings. The minimum Gasteiger partial charge on any atom is -0.496 e. The Morgan fingerprint density at radius 3 is 2.69 bits per heavy atom. The number of thiazole rings is 1. The predicted molar refractivity (Wildman–Crippen MR) is 150 cm³/mol. The Bertz CT molecular complexity index is 1620. The van der Waals surface area contributed by atoms with Gasteiger partial charge in [-0.1, -0.05) is 52.7 Å². The van der Waals surface area contributed by atoms with Crippen LogP contribution in [0.3, 0.4) is 0 Å². The number of esters is 1. The summed E-state index contributed by atoms with van der Waals surface area (Å²) in [6.07, 6.45) is 2.96. The summed E-state index contributed by atoms with van der Waals surface area (Å²) in [5.74, 6) is -0.739. The third kappa shape index (κ3) is 6.15. The number of carboxylic acid groups (broad SMARTS) is 1. The molecular weight excluding hydrogens is 588 g/mol. The van der Waals surface area contributed by atoms with Gasteiger partial charge in [-0.25, -0.2) is 14.6 Å². The molecule has 0 saturated heterocycles. The predicted octanol–water partition coefficient (Wildman–Crippen LogP) is 3.81. The van der Waals surface area contributed by atoms with Gasteiger partial charge in [0, 0.05) is 10.0 Å². The van der Waals surface area contributed by atoms with Gasteiger partial charge in [0.1, 0.15) is 17.5 Å². The highest BCUT2D eigenvalue weighted by Gasteiger charge is 2.36. The van der Waals surface area contributed by atoms with Crippen LogP contribution in [0.4, 0.5) is 0 Å². The van der Waals surface area contributed by atoms with E-state index in [9.17, 15) is 14.4 Å². The standard InChI is InChI=1S/C28H27BrN2O7S/c1-4-7-20-24(27(35)37-5-2)25(19-14-17(29)10-11-21(19)36-3)31-26(34)22(39-28(31)30-20)13-16-8-6-9-18(12-16)38-15-23(32)33/h6,8-14,25H,4-5,7,15H2,1-3H3,(H,32,33)/b22-13+/t25-/m1/s1. The number of methoxy groups -OCH3 is 1. The number of aliphatic carboxylic acids is 1. The molecule has 3 aromatic rings. The Hall–Kier alpha value is -3.70. The van der Waals surface area contributed by atoms with Crippen molar-refractivity contribution in [2.24, 2.45) is 4.99 Å². The van der Waals surface area contributed by atoms with E-state index in [4.69, 9.17) is 24.3 Å². The highest BCUT2D eigenvalue weighted by Crippen LogP contribution is 2.38. The number of carboxylic acids is 1. The highest BCUT2D eigenvalue weighted by atomic mass is 79.9. The second-order valence-corrected chi connectivity index (χ2v) is 10.5. The molecule has 204 valence electrons. The number of carbonyl (C=O) groups is 2. The first-order valence-corrected chi connectivity index (χ1v) is 13.9. The fraction of sp³-hybridized carbons (Fsp3) is 0.286. The van der Waals surface area contributed by atoms with Gasteiger partial charge in [0.25, 0.3) is 5.56 Å². The minimum atomic E-state index is -1.09. The van der Waals surface area contributed by atoms with E-state index < -0.39 is 24.6 Å². The summed E-state index contributed by atoms with van der Waals surface area (Å²) in [4.78, 5) is 43.4. The van der Waals surface area contributed by atoms with Gasteiger partial charge in [-0.3, -0.25) is 9.36 Å². The van der Waals surface area contributed by atoms with Crippen LogP contribution in [0.15, 0.2) is 68.0 Å². The maximum atomic E-state index is 13.9. The van der Waals surface area contributed by atoms with E-state index in [0.29, 0.717) is 49.7 Å². The Kier molecular flexibility index (Phi) is 9.03. The van der Waals surface area contributed by atoms with Crippen LogP contribution in [0.1, 0.15) is 43.9 Å². The molecule has 1 atom stereocenters. The number of rotatable bonds is 10. The van der Waals surface area contributed by atoms with Crippen molar-refractivity contribution in [2.75, 3.05) is 20.3 Å². The number of halogens is 1. The molecule has 1 aliphatic heterocycles. The molecule has 0 amide bonds. The summed E-state index contributed by atoms with van der Waals surface area (Å²) in [5, 5.41) is 8.90. The van der Waals surface area contributed by atoms with Gasteiger partial charge in [-0.2, -0.15) is 0 Å². The topological polar surface area (TPSA) is 116 Å². The molecule has 0 radical (unpaired) electrons. The van der Waals surface area contributed by atoms with E-state index in [1.807, 2.05) is 19.1 Å². The summed E-state index contributed by atoms with van der Waals surface area (Å²) in [6.45, 7) is 3.43. The average molecular weight is 616 g/mol. The lowest BCUT2D eigenvalue weighted by Crippen LogP contribution is -2.40. The van der Waals surface area contributed by atoms with Gasteiger partial charge in [0.15, 0.2) is 11.4 Å². The second-order valence-electron chi connectivity index (χ2n) is 8.55. The van der Waals surface area contributed by atoms with Crippen LogP contribution < -0.4 is 24.4 Å². The smallest absolute Gasteiger partial charge is 0.341 e. The molecule has 1 N–H and O–H groups in total. The number of hydrogen-bond acceptors (Lipinski definition) is 8. The molecule has 0 unspecified atom stereocenters. The third-order valence-corrected chi connectivity index (χ3v) is 7.37. The zero-order valence-electron chi connectivity index (χ0n) is 21.6. The fourth-order valence-corrected chi connectivity index (χ4v) is 5.72. The molecule has 4 rings (SSSR count). The minimum absolute atomic E-state index is 0.175. The molecule has 0 fully saturated rings. The maximum Gasteiger partial charge on any atom is 0.341 e. The normalized spacial score (nSPS) is 15.0. The Morgan fingerprint density at radius 2 is 2.00 bits per heavy atom. The monoisotopic (exact) mass is 614 g/mol. The summed E-state index contributed by atoms with van der Waals surface area (Å²) in [6, 6.07) is 11.4. The maximum absolute atomic E-state index is 13.9. The van der Waals surface area contributed by atoms with Crippen LogP contribution >= 0.6 is 27.3 Å². The number of ether oxygens (including phenoxy) is 3. The first-order valence-electron chi connectivity index (χ1n) is 12.3. The molecule has 39 heavy (non-hydrogen) atoms. The molecule has 2 aromatic carbocycles. The van der Waals surface area contributed by atoms with Gasteiger partial charge in [-0.05, 0) is 55.3 Å². The second kappa shape index (κ2) is 12.4. The van der Waals surface area contributed by atoms with Gasteiger partial charge in [-0.15, -0.1) is 0 Å². The molecule has 0 spiro atoms. The molecular formula is C28H27BrN2O7S. The fourth-order valence-electron chi connectivity index (χ4n) is 4.32. The van der Waals surface area contributed by atoms with Crippen molar-refractivity contribution in [1.29, 1.82) is 0 Å². The first kappa shape index (κ1) is 28.3. The molecule has 2 heterocycles. The lowest BCUT2D eigenvalue weighted by Gasteiger charge is -2.27. The van der Waals surface area contributed by atoms with Crippen molar-refractivity contribution in [3.05, 3.63) is 89.0 Å². The van der Waals surface area contributed by atoms with Crippen molar-refractivity contribution in [2.45, 2.75) is 32.7 Å². The Balaban J connectivity index is 1.96. The van der Waals surface area contributed by atoms with Crippen LogP contribution in [0.25, 0.3) is 6.08 Å². The van der Waals surface area contributed by atoms with Crippen molar-refractivity contribution in [3.8, 4) is 11.5 Å². The van der Waals surface area contributed by atoms with Gasteiger partial charge in [0.05, 0.1) is 29.5 Å². The average Bonchev–Trinajstić information content (AvgIpc) is 3.21. The third-order valence-electron chi connectivity index (χ3n) is 5.90. The van der Waals surface area contributed by atoms with Crippen LogP contribution in [0.5, 0.6) is 11.5 Å². The largest absolute Gasteiger partial charge is 0.496 e. The Morgan fingerprint density at radius 1 is 1.21 bits per heavy atom. The quantitative estimate of drug-likeness (QED) is 0.345. The lowest BCUT2D eigenvalue weighted by atomic mass is 9.93. The van der Waals surface area contributed by atoms with Gasteiger partial charge >= 0.3 is 11.9 Å². The van der Waals surface area contributed by atoms with Crippen LogP contribution in [-0.2, 0) is 14.3 Å². The van der Waals surface area contributed by atoms with Crippen LogP contribution in [0, 0.1) is 0 Å². The molecule has 1 aromatic heterocycles. The number of benzene rings is 2. The van der Waals surface area contributed by atoms with E-state index in [1.165, 1.54) is 23.0 Å². The molecule has 9 nitrogen and oxygen atoms in total. The Labute approximate surface area is 236 Å². The number of hydrogen-bond donors (Lipinski definition) is 1. The molecule has 11 heteroatoms. The molecule has 0 saturated carbocycles. The first-order chi connectivity index (χ1) is 18.8. The zero-order chi connectivity index (χ0) is 28.1. The van der Waals surface area contributed by atoms with E-state index in [1.54, 1.807) is 43.3 Å². The number of nitrogens with zero attached hydrogens (tertiary/aromatic N) is 2. The molecule has 0 bridgehead atoms. The van der Waals surface area contributed by atoms with E-state index in [0.717, 1.165) is 10.9 Å². The lowest BCUT2D eigenvalue weighted by molar-refractivity contribution is -0.140. The SMILES string of the molecule is CCCC1=C(C(=O)OCC)[C@@H](c2cc(Br)ccc2OC)n2c(s/c(=C/c3cccc(OCC(=O)O)c3)c2=O)=N1. The van der Waals surface area contributed by atoms with Crippen molar-refractivity contribution >= 4 is 45.3 Å². The summed E-state index contributed by atoms with van der Waals surface area (Å²) in [5.41, 5.74) is 1.81. The summed E-state index contributed by atoms with van der Waals surface area (Å²) < 4.78 is 19.0. The zero-order valence-corrected chi connectivity index (χ0v) is 24.0. The van der Waals surface area contributed by atoms with Gasteiger partial charge < -0.3 is 19.3 Å². The van der Waals surface area contributed by atoms with Gasteiger partial charge in [0.2, 0.25) is 0 Å². The van der Waals surface area contributed by atoms with E-state index >= 15 is 0 Å². The number of fused-ring (bicyclic) bond motifs is 1. The number of aromatic nitrogens is 1. The van der Waals surface area contributed by atoms with Crippen LogP contribution in [0.2, 0.25) is 0 Å². The van der Waals surface area contributed by atoms with Crippen molar-refractivity contribution < 1.29 is 28.9 Å². The van der Waals surface area contributed by atoms with Crippen LogP contribution in [-0.4, -0.2) is 41.9 Å². The summed E-state index contributed by atoms with van der Waals surface area (Å²) >= 11 is 4.72. The number of carbonyl (C=O) groups excluding carboxylic acids is 1. The number of allylic oxidation sites excluding steroid dienone is 1. The van der Waals surface area contributed by atoms with Crippen molar-refractivity contribution in [1.82, 2.24) is 4.57 Å². The van der Waals surface area contributed by atoms with E-state index in [2.05, 4.69) is 15.9 Å². The molecule has 0 aliphatic carbocycles. The summed E-state index contributed by atoms with van der Waals surface area (Å²) in [7, 11) is 1.54. The van der Waals surface area contributed by atoms with Crippen molar-refractivity contribution in [3.63, 3.8) is 0 Å². The highest BCUT2D eigenvalue weighted by molar-refractivity contribution is 9.10. The van der Waals surface area contributed by atoms with E-state index in [-0.39, 0.29) is 12.2 Å².